The molecule has 0 aliphatic carbocycles. The second kappa shape index (κ2) is 8.35. The summed E-state index contributed by atoms with van der Waals surface area (Å²) in [4.78, 5) is 11.7. The number of carbonyl (C=O) groups excluding carboxylic acids is 1. The Bertz CT molecular complexity index is 454. The van der Waals surface area contributed by atoms with Crippen LogP contribution in [0.1, 0.15) is 20.3 Å². The van der Waals surface area contributed by atoms with Crippen molar-refractivity contribution in [1.29, 1.82) is 0 Å². The molecule has 0 saturated heterocycles. The summed E-state index contributed by atoms with van der Waals surface area (Å²) in [5, 5.41) is 12.7. The molecule has 0 aliphatic rings. The van der Waals surface area contributed by atoms with Crippen molar-refractivity contribution >= 4 is 29.1 Å². The van der Waals surface area contributed by atoms with Gasteiger partial charge in [-0.2, -0.15) is 0 Å². The highest BCUT2D eigenvalue weighted by molar-refractivity contribution is 6.42. The van der Waals surface area contributed by atoms with E-state index in [1.54, 1.807) is 18.2 Å². The van der Waals surface area contributed by atoms with E-state index >= 15 is 0 Å². The van der Waals surface area contributed by atoms with Crippen LogP contribution in [-0.4, -0.2) is 30.3 Å². The van der Waals surface area contributed by atoms with Gasteiger partial charge in [-0.1, -0.05) is 30.1 Å². The summed E-state index contributed by atoms with van der Waals surface area (Å²) in [6.45, 7) is 4.03. The van der Waals surface area contributed by atoms with Crippen LogP contribution in [0, 0.1) is 5.92 Å². The highest BCUT2D eigenvalue weighted by Crippen LogP contribution is 2.26. The number of halogens is 2. The zero-order valence-electron chi connectivity index (χ0n) is 11.5. The van der Waals surface area contributed by atoms with E-state index in [9.17, 15) is 4.79 Å². The third-order valence-electron chi connectivity index (χ3n) is 3.02. The molecule has 20 heavy (non-hydrogen) atoms. The van der Waals surface area contributed by atoms with E-state index in [2.05, 4.69) is 5.32 Å². The van der Waals surface area contributed by atoms with Gasteiger partial charge in [-0.05, 0) is 25.0 Å². The van der Waals surface area contributed by atoms with Gasteiger partial charge in [-0.3, -0.25) is 4.79 Å². The third kappa shape index (κ3) is 5.57. The lowest BCUT2D eigenvalue weighted by Gasteiger charge is -2.19. The maximum Gasteiger partial charge on any atom is 0.223 e. The molecule has 0 fully saturated rings. The zero-order valence-corrected chi connectivity index (χ0v) is 13.0. The molecule has 0 spiro atoms. The molecular formula is C14H19Cl2NO3. The number of amides is 1. The zero-order chi connectivity index (χ0) is 15.1. The highest BCUT2D eigenvalue weighted by atomic mass is 35.5. The number of rotatable bonds is 7. The van der Waals surface area contributed by atoms with Gasteiger partial charge < -0.3 is 15.2 Å². The van der Waals surface area contributed by atoms with Crippen molar-refractivity contribution in [1.82, 2.24) is 5.32 Å². The fourth-order valence-electron chi connectivity index (χ4n) is 1.45. The van der Waals surface area contributed by atoms with E-state index in [-0.39, 0.29) is 37.5 Å². The minimum absolute atomic E-state index is 0.0231. The lowest BCUT2D eigenvalue weighted by molar-refractivity contribution is -0.122. The van der Waals surface area contributed by atoms with Crippen molar-refractivity contribution in [2.75, 3.05) is 13.2 Å². The Morgan fingerprint density at radius 1 is 1.35 bits per heavy atom. The Balaban J connectivity index is 2.33. The average Bonchev–Trinajstić information content (AvgIpc) is 2.41. The summed E-state index contributed by atoms with van der Waals surface area (Å²) in [6, 6.07) is 4.88. The van der Waals surface area contributed by atoms with Gasteiger partial charge in [-0.25, -0.2) is 0 Å². The smallest absolute Gasteiger partial charge is 0.223 e. The van der Waals surface area contributed by atoms with Crippen molar-refractivity contribution in [3.63, 3.8) is 0 Å². The van der Waals surface area contributed by atoms with Gasteiger partial charge in [0.15, 0.2) is 0 Å². The van der Waals surface area contributed by atoms with Gasteiger partial charge in [0.1, 0.15) is 5.75 Å². The summed E-state index contributed by atoms with van der Waals surface area (Å²) in [5.74, 6) is 0.483. The van der Waals surface area contributed by atoms with Crippen LogP contribution in [0.5, 0.6) is 5.75 Å². The first-order valence-electron chi connectivity index (χ1n) is 6.42. The molecule has 0 aliphatic heterocycles. The van der Waals surface area contributed by atoms with E-state index in [0.717, 1.165) is 0 Å². The summed E-state index contributed by atoms with van der Waals surface area (Å²) < 4.78 is 5.43. The molecule has 2 N–H and O–H groups in total. The van der Waals surface area contributed by atoms with E-state index in [0.29, 0.717) is 15.8 Å². The molecule has 0 bridgehead atoms. The molecule has 2 unspecified atom stereocenters. The van der Waals surface area contributed by atoms with Crippen LogP contribution in [-0.2, 0) is 4.79 Å². The Labute approximate surface area is 129 Å². The monoisotopic (exact) mass is 319 g/mol. The van der Waals surface area contributed by atoms with E-state index in [4.69, 9.17) is 33.0 Å². The second-order valence-electron chi connectivity index (χ2n) is 4.69. The molecule has 0 saturated carbocycles. The number of nitrogens with one attached hydrogen (secondary N) is 1. The summed E-state index contributed by atoms with van der Waals surface area (Å²) in [7, 11) is 0. The average molecular weight is 320 g/mol. The van der Waals surface area contributed by atoms with Crippen molar-refractivity contribution in [2.45, 2.75) is 26.3 Å². The second-order valence-corrected chi connectivity index (χ2v) is 5.50. The molecular weight excluding hydrogens is 301 g/mol. The quantitative estimate of drug-likeness (QED) is 0.812. The van der Waals surface area contributed by atoms with Crippen molar-refractivity contribution in [3.8, 4) is 5.75 Å². The first-order chi connectivity index (χ1) is 9.43. The molecule has 1 rings (SSSR count). The van der Waals surface area contributed by atoms with E-state index < -0.39 is 0 Å². The Morgan fingerprint density at radius 3 is 2.65 bits per heavy atom. The van der Waals surface area contributed by atoms with Gasteiger partial charge in [0.2, 0.25) is 5.91 Å². The third-order valence-corrected chi connectivity index (χ3v) is 3.76. The number of aliphatic hydroxyl groups excluding tert-OH is 1. The predicted molar refractivity (Wildman–Crippen MR) is 80.4 cm³/mol. The molecule has 1 amide bonds. The Kier molecular flexibility index (Phi) is 7.13. The van der Waals surface area contributed by atoms with Crippen LogP contribution in [0.3, 0.4) is 0 Å². The van der Waals surface area contributed by atoms with Gasteiger partial charge in [0, 0.05) is 18.7 Å². The highest BCUT2D eigenvalue weighted by Gasteiger charge is 2.13. The molecule has 112 valence electrons. The summed E-state index contributed by atoms with van der Waals surface area (Å²) in [5.41, 5.74) is 0. The number of ether oxygens (including phenoxy) is 1. The normalized spacial score (nSPS) is 13.7. The van der Waals surface area contributed by atoms with Crippen LogP contribution in [0.2, 0.25) is 10.0 Å². The topological polar surface area (TPSA) is 58.6 Å². The number of hydrogen-bond donors (Lipinski definition) is 2. The van der Waals surface area contributed by atoms with Gasteiger partial charge >= 0.3 is 0 Å². The Morgan fingerprint density at radius 2 is 2.05 bits per heavy atom. The molecule has 0 aromatic heterocycles. The fraction of sp³-hybridized carbons (Fsp3) is 0.500. The standard InChI is InChI=1S/C14H19Cl2NO3/c1-9(8-18)10(2)17-14(19)5-6-20-11-3-4-12(15)13(16)7-11/h3-4,7,9-10,18H,5-6,8H2,1-2H3,(H,17,19). The molecule has 6 heteroatoms. The fourth-order valence-corrected chi connectivity index (χ4v) is 1.74. The van der Waals surface area contributed by atoms with E-state index in [1.165, 1.54) is 0 Å². The van der Waals surface area contributed by atoms with E-state index in [1.807, 2.05) is 13.8 Å². The first kappa shape index (κ1) is 17.1. The maximum absolute atomic E-state index is 11.7. The minimum atomic E-state index is -0.113. The van der Waals surface area contributed by atoms with Crippen LogP contribution in [0.25, 0.3) is 0 Å². The maximum atomic E-state index is 11.7. The lowest BCUT2D eigenvalue weighted by Crippen LogP contribution is -2.38. The lowest BCUT2D eigenvalue weighted by atomic mass is 10.1. The van der Waals surface area contributed by atoms with Crippen molar-refractivity contribution < 1.29 is 14.6 Å². The molecule has 2 atom stereocenters. The predicted octanol–water partition coefficient (Wildman–Crippen LogP) is 2.90. The van der Waals surface area contributed by atoms with Crippen LogP contribution in [0.4, 0.5) is 0 Å². The molecule has 0 heterocycles. The van der Waals surface area contributed by atoms with Crippen LogP contribution in [0.15, 0.2) is 18.2 Å². The SMILES string of the molecule is CC(CO)C(C)NC(=O)CCOc1ccc(Cl)c(Cl)c1. The molecule has 4 nitrogen and oxygen atoms in total. The summed E-state index contributed by atoms with van der Waals surface area (Å²) in [6.07, 6.45) is 0.239. The van der Waals surface area contributed by atoms with Crippen molar-refractivity contribution in [3.05, 3.63) is 28.2 Å². The van der Waals surface area contributed by atoms with Crippen molar-refractivity contribution in [2.24, 2.45) is 5.92 Å². The van der Waals surface area contributed by atoms with Gasteiger partial charge in [0.05, 0.1) is 23.1 Å². The first-order valence-corrected chi connectivity index (χ1v) is 7.17. The number of hydrogen-bond acceptors (Lipinski definition) is 3. The number of benzene rings is 1. The molecule has 1 aromatic carbocycles. The summed E-state index contributed by atoms with van der Waals surface area (Å²) >= 11 is 11.7. The Hall–Kier alpha value is -0.970. The molecule has 1 aromatic rings. The van der Waals surface area contributed by atoms with Gasteiger partial charge in [0.25, 0.3) is 0 Å². The molecule has 0 radical (unpaired) electrons. The minimum Gasteiger partial charge on any atom is -0.493 e. The number of aliphatic hydroxyl groups is 1. The van der Waals surface area contributed by atoms with Crippen LogP contribution < -0.4 is 10.1 Å². The largest absolute Gasteiger partial charge is 0.493 e. The number of carbonyl (C=O) groups is 1. The van der Waals surface area contributed by atoms with Crippen LogP contribution >= 0.6 is 23.2 Å². The van der Waals surface area contributed by atoms with Gasteiger partial charge in [-0.15, -0.1) is 0 Å².